The minimum Gasteiger partial charge on any atom is -0.319 e. The first-order chi connectivity index (χ1) is 4.33. The highest BCUT2D eigenvalue weighted by atomic mass is 32.2. The summed E-state index contributed by atoms with van der Waals surface area (Å²) in [6.45, 7) is 0. The van der Waals surface area contributed by atoms with Crippen LogP contribution in [-0.4, -0.2) is 11.7 Å². The molecule has 1 rings (SSSR count). The van der Waals surface area contributed by atoms with Crippen molar-refractivity contribution in [1.29, 1.82) is 5.26 Å². The number of hydrogen-bond donors (Lipinski definition) is 1. The Morgan fingerprint density at radius 2 is 2.67 bits per heavy atom. The maximum absolute atomic E-state index is 10.4. The number of rotatable bonds is 0. The zero-order valence-corrected chi connectivity index (χ0v) is 5.36. The highest BCUT2D eigenvalue weighted by Gasteiger charge is 2.13. The van der Waals surface area contributed by atoms with E-state index in [0.29, 0.717) is 10.8 Å². The van der Waals surface area contributed by atoms with E-state index in [1.165, 1.54) is 17.8 Å². The highest BCUT2D eigenvalue weighted by Crippen LogP contribution is 2.17. The number of amides is 1. The van der Waals surface area contributed by atoms with Crippen molar-refractivity contribution in [1.82, 2.24) is 5.32 Å². The lowest BCUT2D eigenvalue weighted by molar-refractivity contribution is -0.117. The molecule has 0 spiro atoms. The molecule has 1 aliphatic heterocycles. The second-order valence-corrected chi connectivity index (χ2v) is 2.49. The van der Waals surface area contributed by atoms with Crippen molar-refractivity contribution < 1.29 is 4.79 Å². The van der Waals surface area contributed by atoms with Crippen LogP contribution in [0.15, 0.2) is 11.1 Å². The Labute approximate surface area is 56.7 Å². The lowest BCUT2D eigenvalue weighted by Crippen LogP contribution is -2.13. The zero-order chi connectivity index (χ0) is 6.69. The van der Waals surface area contributed by atoms with Gasteiger partial charge in [-0.1, -0.05) is 11.8 Å². The Balaban J connectivity index is 2.60. The average molecular weight is 140 g/mol. The first-order valence-electron chi connectivity index (χ1n) is 2.35. The van der Waals surface area contributed by atoms with Gasteiger partial charge >= 0.3 is 0 Å². The van der Waals surface area contributed by atoms with Crippen molar-refractivity contribution in [2.75, 3.05) is 5.75 Å². The van der Waals surface area contributed by atoms with Crippen LogP contribution < -0.4 is 5.32 Å². The third-order valence-electron chi connectivity index (χ3n) is 0.817. The maximum Gasteiger partial charge on any atom is 0.235 e. The van der Waals surface area contributed by atoms with Crippen molar-refractivity contribution in [2.45, 2.75) is 0 Å². The summed E-state index contributed by atoms with van der Waals surface area (Å²) in [6, 6.07) is 1.83. The number of nitriles is 1. The predicted octanol–water partition coefficient (Wildman–Crippen LogP) is 0.214. The number of thioether (sulfide) groups is 1. The SMILES string of the molecule is N#CC=C1NC(=O)CS1. The molecule has 1 amide bonds. The van der Waals surface area contributed by atoms with Gasteiger partial charge in [0.25, 0.3) is 0 Å². The van der Waals surface area contributed by atoms with Crippen molar-refractivity contribution in [3.05, 3.63) is 11.1 Å². The van der Waals surface area contributed by atoms with Gasteiger partial charge in [-0.3, -0.25) is 4.79 Å². The summed E-state index contributed by atoms with van der Waals surface area (Å²) in [5.74, 6) is 0.412. The Kier molecular flexibility index (Phi) is 1.75. The zero-order valence-electron chi connectivity index (χ0n) is 4.55. The van der Waals surface area contributed by atoms with E-state index in [2.05, 4.69) is 5.32 Å². The molecular weight excluding hydrogens is 136 g/mol. The van der Waals surface area contributed by atoms with Gasteiger partial charge in [0.1, 0.15) is 0 Å². The molecule has 4 heteroatoms. The number of nitrogens with one attached hydrogen (secondary N) is 1. The van der Waals surface area contributed by atoms with Gasteiger partial charge in [-0.25, -0.2) is 0 Å². The highest BCUT2D eigenvalue weighted by molar-refractivity contribution is 8.04. The Hall–Kier alpha value is -0.950. The summed E-state index contributed by atoms with van der Waals surface area (Å²) in [5, 5.41) is 11.3. The van der Waals surface area contributed by atoms with Crippen LogP contribution >= 0.6 is 11.8 Å². The lowest BCUT2D eigenvalue weighted by atomic mass is 10.6. The Morgan fingerprint density at radius 3 is 3.11 bits per heavy atom. The third kappa shape index (κ3) is 1.47. The molecule has 0 bridgehead atoms. The molecule has 1 fully saturated rings. The molecule has 0 aromatic rings. The minimum atomic E-state index is -0.0264. The number of nitrogens with zero attached hydrogens (tertiary/aromatic N) is 1. The normalized spacial score (nSPS) is 21.7. The van der Waals surface area contributed by atoms with Gasteiger partial charge < -0.3 is 5.32 Å². The van der Waals surface area contributed by atoms with Gasteiger partial charge in [0.2, 0.25) is 5.91 Å². The van der Waals surface area contributed by atoms with E-state index in [-0.39, 0.29) is 5.91 Å². The second-order valence-electron chi connectivity index (χ2n) is 1.47. The average Bonchev–Trinajstić information content (AvgIpc) is 2.17. The van der Waals surface area contributed by atoms with Crippen LogP contribution in [0.4, 0.5) is 0 Å². The van der Waals surface area contributed by atoms with E-state index in [4.69, 9.17) is 5.26 Å². The predicted molar refractivity (Wildman–Crippen MR) is 34.3 cm³/mol. The van der Waals surface area contributed by atoms with Crippen molar-refractivity contribution in [3.63, 3.8) is 0 Å². The smallest absolute Gasteiger partial charge is 0.235 e. The molecular formula is C5H4N2OS. The van der Waals surface area contributed by atoms with E-state index in [0.717, 1.165) is 0 Å². The molecule has 0 atom stereocenters. The fourth-order valence-electron chi connectivity index (χ4n) is 0.489. The molecule has 0 unspecified atom stereocenters. The van der Waals surface area contributed by atoms with Crippen LogP contribution in [0.3, 0.4) is 0 Å². The molecule has 1 saturated heterocycles. The van der Waals surface area contributed by atoms with Crippen LogP contribution in [0.25, 0.3) is 0 Å². The molecule has 1 aliphatic rings. The molecule has 0 saturated carbocycles. The van der Waals surface area contributed by atoms with Crippen molar-refractivity contribution >= 4 is 17.7 Å². The number of carbonyl (C=O) groups excluding carboxylic acids is 1. The molecule has 0 radical (unpaired) electrons. The summed E-state index contributed by atoms with van der Waals surface area (Å²) in [5.41, 5.74) is 0. The van der Waals surface area contributed by atoms with Crippen molar-refractivity contribution in [2.24, 2.45) is 0 Å². The Morgan fingerprint density at radius 1 is 1.89 bits per heavy atom. The number of carbonyl (C=O) groups is 1. The topological polar surface area (TPSA) is 52.9 Å². The first kappa shape index (κ1) is 6.17. The summed E-state index contributed by atoms with van der Waals surface area (Å²) >= 11 is 1.35. The number of hydrogen-bond acceptors (Lipinski definition) is 3. The van der Waals surface area contributed by atoms with Gasteiger partial charge in [0.15, 0.2) is 0 Å². The summed E-state index contributed by atoms with van der Waals surface area (Å²) < 4.78 is 0. The van der Waals surface area contributed by atoms with Gasteiger partial charge in [0.05, 0.1) is 16.9 Å². The molecule has 1 N–H and O–H groups in total. The van der Waals surface area contributed by atoms with E-state index in [9.17, 15) is 4.79 Å². The molecule has 3 nitrogen and oxygen atoms in total. The molecule has 0 aromatic carbocycles. The van der Waals surface area contributed by atoms with Crippen LogP contribution in [0.1, 0.15) is 0 Å². The van der Waals surface area contributed by atoms with E-state index in [1.807, 2.05) is 6.07 Å². The summed E-state index contributed by atoms with van der Waals surface area (Å²) in [7, 11) is 0. The van der Waals surface area contributed by atoms with Gasteiger partial charge in [0, 0.05) is 6.08 Å². The van der Waals surface area contributed by atoms with Gasteiger partial charge in [-0.2, -0.15) is 5.26 Å². The standard InChI is InChI=1S/C5H4N2OS/c6-2-1-5-7-4(8)3-9-5/h1H,3H2,(H,7,8). The molecule has 0 aromatic heterocycles. The maximum atomic E-state index is 10.4. The molecule has 46 valence electrons. The monoisotopic (exact) mass is 140 g/mol. The molecule has 9 heavy (non-hydrogen) atoms. The summed E-state index contributed by atoms with van der Waals surface area (Å²) in [6.07, 6.45) is 1.33. The molecule has 0 aliphatic carbocycles. The first-order valence-corrected chi connectivity index (χ1v) is 3.34. The van der Waals surface area contributed by atoms with E-state index >= 15 is 0 Å². The van der Waals surface area contributed by atoms with Crippen LogP contribution in [0.2, 0.25) is 0 Å². The molecule has 1 heterocycles. The van der Waals surface area contributed by atoms with E-state index < -0.39 is 0 Å². The lowest BCUT2D eigenvalue weighted by Gasteiger charge is -1.86. The van der Waals surface area contributed by atoms with Crippen LogP contribution in [0.5, 0.6) is 0 Å². The fourth-order valence-corrected chi connectivity index (χ4v) is 1.17. The van der Waals surface area contributed by atoms with Crippen molar-refractivity contribution in [3.8, 4) is 6.07 Å². The van der Waals surface area contributed by atoms with Gasteiger partial charge in [-0.15, -0.1) is 0 Å². The van der Waals surface area contributed by atoms with Crippen LogP contribution in [-0.2, 0) is 4.79 Å². The van der Waals surface area contributed by atoms with Crippen LogP contribution in [0, 0.1) is 11.3 Å². The number of allylic oxidation sites excluding steroid dienone is 1. The minimum absolute atomic E-state index is 0.0264. The van der Waals surface area contributed by atoms with Gasteiger partial charge in [-0.05, 0) is 0 Å². The fraction of sp³-hybridized carbons (Fsp3) is 0.200. The Bertz CT molecular complexity index is 203. The second kappa shape index (κ2) is 2.55. The summed E-state index contributed by atoms with van der Waals surface area (Å²) in [4.78, 5) is 10.4. The quantitative estimate of drug-likeness (QED) is 0.489. The van der Waals surface area contributed by atoms with E-state index in [1.54, 1.807) is 0 Å². The largest absolute Gasteiger partial charge is 0.319 e. The third-order valence-corrected chi connectivity index (χ3v) is 1.75.